The van der Waals surface area contributed by atoms with Crippen molar-refractivity contribution < 1.29 is 14.3 Å². The van der Waals surface area contributed by atoms with Gasteiger partial charge in [0.05, 0.1) is 6.61 Å². The molecule has 1 heterocycles. The minimum atomic E-state index is -0.683. The standard InChI is InChI=1S/C22H34N2O3/c1-18-10-12-22(26-2,13-11-18)21(25)23-19-6-8-20(9-7-19)27-17-5-16-24-14-3-4-15-24/h6-9,18H,3-5,10-17H2,1-2H3,(H,23,25). The van der Waals surface area contributed by atoms with Crippen molar-refractivity contribution in [3.63, 3.8) is 0 Å². The molecule has 0 unspecified atom stereocenters. The number of benzene rings is 1. The molecule has 150 valence electrons. The summed E-state index contributed by atoms with van der Waals surface area (Å²) in [5.41, 5.74) is 0.108. The predicted octanol–water partition coefficient (Wildman–Crippen LogP) is 4.09. The van der Waals surface area contributed by atoms with Crippen molar-refractivity contribution in [2.45, 2.75) is 57.5 Å². The Morgan fingerprint density at radius 3 is 2.48 bits per heavy atom. The van der Waals surface area contributed by atoms with Crippen molar-refractivity contribution in [2.75, 3.05) is 38.7 Å². The van der Waals surface area contributed by atoms with Gasteiger partial charge in [-0.15, -0.1) is 0 Å². The molecule has 1 saturated carbocycles. The first-order valence-electron chi connectivity index (χ1n) is 10.4. The van der Waals surface area contributed by atoms with E-state index in [1.54, 1.807) is 7.11 Å². The highest BCUT2D eigenvalue weighted by Crippen LogP contribution is 2.35. The lowest BCUT2D eigenvalue weighted by Crippen LogP contribution is -2.47. The molecule has 0 radical (unpaired) electrons. The summed E-state index contributed by atoms with van der Waals surface area (Å²) < 4.78 is 11.5. The Morgan fingerprint density at radius 1 is 1.19 bits per heavy atom. The van der Waals surface area contributed by atoms with Crippen LogP contribution in [0.3, 0.4) is 0 Å². The third-order valence-electron chi connectivity index (χ3n) is 6.08. The van der Waals surface area contributed by atoms with E-state index in [1.165, 1.54) is 25.9 Å². The predicted molar refractivity (Wildman–Crippen MR) is 108 cm³/mol. The van der Waals surface area contributed by atoms with E-state index in [1.807, 2.05) is 24.3 Å². The lowest BCUT2D eigenvalue weighted by Gasteiger charge is -2.36. The van der Waals surface area contributed by atoms with Gasteiger partial charge in [-0.25, -0.2) is 0 Å². The van der Waals surface area contributed by atoms with Crippen molar-refractivity contribution >= 4 is 11.6 Å². The highest BCUT2D eigenvalue weighted by atomic mass is 16.5. The van der Waals surface area contributed by atoms with Crippen LogP contribution in [-0.4, -0.2) is 49.8 Å². The van der Waals surface area contributed by atoms with Gasteiger partial charge >= 0.3 is 0 Å². The molecule has 1 saturated heterocycles. The van der Waals surface area contributed by atoms with E-state index in [2.05, 4.69) is 17.1 Å². The van der Waals surface area contributed by atoms with Crippen molar-refractivity contribution in [3.05, 3.63) is 24.3 Å². The summed E-state index contributed by atoms with van der Waals surface area (Å²) in [5.74, 6) is 1.49. The molecule has 2 fully saturated rings. The molecule has 1 aromatic carbocycles. The Morgan fingerprint density at radius 2 is 1.85 bits per heavy atom. The highest BCUT2D eigenvalue weighted by Gasteiger charge is 2.41. The summed E-state index contributed by atoms with van der Waals surface area (Å²) in [6.07, 6.45) is 7.35. The second kappa shape index (κ2) is 9.56. The first kappa shape index (κ1) is 20.2. The molecule has 1 amide bonds. The van der Waals surface area contributed by atoms with E-state index in [0.29, 0.717) is 5.92 Å². The minimum absolute atomic E-state index is 0.0313. The van der Waals surface area contributed by atoms with Crippen LogP contribution in [0.1, 0.15) is 51.9 Å². The van der Waals surface area contributed by atoms with Crippen molar-refractivity contribution in [3.8, 4) is 5.75 Å². The Hall–Kier alpha value is -1.59. The first-order chi connectivity index (χ1) is 13.1. The fourth-order valence-corrected chi connectivity index (χ4v) is 4.12. The van der Waals surface area contributed by atoms with Gasteiger partial charge in [-0.3, -0.25) is 4.79 Å². The van der Waals surface area contributed by atoms with Gasteiger partial charge in [-0.05, 0) is 88.2 Å². The zero-order valence-corrected chi connectivity index (χ0v) is 16.8. The molecular weight excluding hydrogens is 340 g/mol. The van der Waals surface area contributed by atoms with Gasteiger partial charge in [0.1, 0.15) is 11.4 Å². The van der Waals surface area contributed by atoms with E-state index in [-0.39, 0.29) is 5.91 Å². The quantitative estimate of drug-likeness (QED) is 0.697. The van der Waals surface area contributed by atoms with Crippen LogP contribution in [0.4, 0.5) is 5.69 Å². The number of likely N-dealkylation sites (tertiary alicyclic amines) is 1. The zero-order chi connectivity index (χ0) is 19.1. The second-order valence-electron chi connectivity index (χ2n) is 8.11. The maximum atomic E-state index is 12.8. The topological polar surface area (TPSA) is 50.8 Å². The van der Waals surface area contributed by atoms with Crippen molar-refractivity contribution in [1.29, 1.82) is 0 Å². The lowest BCUT2D eigenvalue weighted by molar-refractivity contribution is -0.142. The fourth-order valence-electron chi connectivity index (χ4n) is 4.12. The largest absolute Gasteiger partial charge is 0.494 e. The number of carbonyl (C=O) groups excluding carboxylic acids is 1. The van der Waals surface area contributed by atoms with Gasteiger partial charge in [-0.2, -0.15) is 0 Å². The number of ether oxygens (including phenoxy) is 2. The lowest BCUT2D eigenvalue weighted by atomic mass is 9.79. The third-order valence-corrected chi connectivity index (χ3v) is 6.08. The molecule has 1 aliphatic heterocycles. The van der Waals surface area contributed by atoms with Gasteiger partial charge in [0, 0.05) is 19.3 Å². The van der Waals surface area contributed by atoms with Crippen LogP contribution in [0.25, 0.3) is 0 Å². The van der Waals surface area contributed by atoms with E-state index in [9.17, 15) is 4.79 Å². The number of nitrogens with zero attached hydrogens (tertiary/aromatic N) is 1. The Bertz CT molecular complexity index is 588. The molecular formula is C22H34N2O3. The molecule has 0 spiro atoms. The van der Waals surface area contributed by atoms with Crippen LogP contribution in [-0.2, 0) is 9.53 Å². The smallest absolute Gasteiger partial charge is 0.256 e. The third kappa shape index (κ3) is 5.45. The van der Waals surface area contributed by atoms with E-state index in [0.717, 1.165) is 56.7 Å². The van der Waals surface area contributed by atoms with Crippen LogP contribution < -0.4 is 10.1 Å². The Kier molecular flexibility index (Phi) is 7.13. The number of amides is 1. The number of hydrogen-bond acceptors (Lipinski definition) is 4. The van der Waals surface area contributed by atoms with Crippen LogP contribution in [0.2, 0.25) is 0 Å². The van der Waals surface area contributed by atoms with Crippen LogP contribution in [0, 0.1) is 5.92 Å². The van der Waals surface area contributed by atoms with Crippen molar-refractivity contribution in [1.82, 2.24) is 4.90 Å². The maximum absolute atomic E-state index is 12.8. The van der Waals surface area contributed by atoms with Gasteiger partial charge < -0.3 is 19.7 Å². The number of hydrogen-bond donors (Lipinski definition) is 1. The normalized spacial score (nSPS) is 26.1. The molecule has 3 rings (SSSR count). The Balaban J connectivity index is 1.44. The molecule has 5 nitrogen and oxygen atoms in total. The van der Waals surface area contributed by atoms with E-state index >= 15 is 0 Å². The molecule has 0 atom stereocenters. The second-order valence-corrected chi connectivity index (χ2v) is 8.11. The Labute approximate surface area is 163 Å². The van der Waals surface area contributed by atoms with Gasteiger partial charge in [-0.1, -0.05) is 6.92 Å². The average molecular weight is 375 g/mol. The summed E-state index contributed by atoms with van der Waals surface area (Å²) in [5, 5.41) is 3.02. The summed E-state index contributed by atoms with van der Waals surface area (Å²) in [4.78, 5) is 15.3. The average Bonchev–Trinajstić information content (AvgIpc) is 3.21. The first-order valence-corrected chi connectivity index (χ1v) is 10.4. The number of rotatable bonds is 8. The van der Waals surface area contributed by atoms with E-state index in [4.69, 9.17) is 9.47 Å². The fraction of sp³-hybridized carbons (Fsp3) is 0.682. The summed E-state index contributed by atoms with van der Waals surface area (Å²) in [6.45, 7) is 6.55. The number of carbonyl (C=O) groups is 1. The monoisotopic (exact) mass is 374 g/mol. The zero-order valence-electron chi connectivity index (χ0n) is 16.8. The van der Waals surface area contributed by atoms with Gasteiger partial charge in [0.2, 0.25) is 0 Å². The van der Waals surface area contributed by atoms with Crippen LogP contribution in [0.5, 0.6) is 5.75 Å². The summed E-state index contributed by atoms with van der Waals surface area (Å²) in [6, 6.07) is 7.66. The maximum Gasteiger partial charge on any atom is 0.256 e. The summed E-state index contributed by atoms with van der Waals surface area (Å²) in [7, 11) is 1.65. The number of methoxy groups -OCH3 is 1. The van der Waals surface area contributed by atoms with Crippen molar-refractivity contribution in [2.24, 2.45) is 5.92 Å². The highest BCUT2D eigenvalue weighted by molar-refractivity contribution is 5.97. The molecule has 0 bridgehead atoms. The molecule has 27 heavy (non-hydrogen) atoms. The molecule has 5 heteroatoms. The number of nitrogens with one attached hydrogen (secondary N) is 1. The SMILES string of the molecule is COC1(C(=O)Nc2ccc(OCCCN3CCCC3)cc2)CCC(C)CC1. The molecule has 2 aliphatic rings. The van der Waals surface area contributed by atoms with Gasteiger partial charge in [0.25, 0.3) is 5.91 Å². The summed E-state index contributed by atoms with van der Waals surface area (Å²) >= 11 is 0. The van der Waals surface area contributed by atoms with Gasteiger partial charge in [0.15, 0.2) is 0 Å². The molecule has 1 aliphatic carbocycles. The molecule has 1 aromatic rings. The minimum Gasteiger partial charge on any atom is -0.494 e. The number of anilines is 1. The van der Waals surface area contributed by atoms with Crippen LogP contribution in [0.15, 0.2) is 24.3 Å². The molecule has 0 aromatic heterocycles. The van der Waals surface area contributed by atoms with Crippen LogP contribution >= 0.6 is 0 Å². The molecule has 1 N–H and O–H groups in total. The van der Waals surface area contributed by atoms with E-state index < -0.39 is 5.60 Å².